The van der Waals surface area contributed by atoms with Crippen LogP contribution in [0.25, 0.3) is 5.57 Å². The van der Waals surface area contributed by atoms with Gasteiger partial charge in [0.15, 0.2) is 5.41 Å². The van der Waals surface area contributed by atoms with E-state index in [1.807, 2.05) is 26.0 Å². The zero-order valence-corrected chi connectivity index (χ0v) is 13.9. The van der Waals surface area contributed by atoms with Gasteiger partial charge in [0.2, 0.25) is 0 Å². The van der Waals surface area contributed by atoms with Gasteiger partial charge in [-0.05, 0) is 37.3 Å². The molecule has 0 radical (unpaired) electrons. The highest BCUT2D eigenvalue weighted by molar-refractivity contribution is 6.00. The Bertz CT molecular complexity index is 705. The SMILES string of the molecule is CCOC(=O)C1=C(c2ccco2)C(C#N)(C#N)[C@@H](O)[C@H](C(C)C)C1. The van der Waals surface area contributed by atoms with Crippen LogP contribution in [-0.4, -0.2) is 23.8 Å². The Labute approximate surface area is 140 Å². The summed E-state index contributed by atoms with van der Waals surface area (Å²) in [6, 6.07) is 7.03. The maximum atomic E-state index is 12.5. The van der Waals surface area contributed by atoms with E-state index in [-0.39, 0.29) is 35.9 Å². The molecule has 0 spiro atoms. The molecule has 0 aliphatic heterocycles. The maximum absolute atomic E-state index is 12.5. The van der Waals surface area contributed by atoms with E-state index in [2.05, 4.69) is 0 Å². The van der Waals surface area contributed by atoms with E-state index in [0.717, 1.165) is 0 Å². The lowest BCUT2D eigenvalue weighted by Crippen LogP contribution is -2.46. The van der Waals surface area contributed by atoms with Gasteiger partial charge in [-0.15, -0.1) is 0 Å². The average molecular weight is 328 g/mol. The first-order valence-electron chi connectivity index (χ1n) is 7.88. The Morgan fingerprint density at radius 3 is 2.62 bits per heavy atom. The number of nitrogens with zero attached hydrogens (tertiary/aromatic N) is 2. The zero-order chi connectivity index (χ0) is 17.9. The van der Waals surface area contributed by atoms with Crippen LogP contribution in [0.15, 0.2) is 28.4 Å². The molecule has 6 nitrogen and oxygen atoms in total. The van der Waals surface area contributed by atoms with Crippen LogP contribution in [0.1, 0.15) is 33.0 Å². The molecule has 0 saturated heterocycles. The molecule has 2 atom stereocenters. The van der Waals surface area contributed by atoms with Crippen LogP contribution in [0.2, 0.25) is 0 Å². The van der Waals surface area contributed by atoms with Crippen molar-refractivity contribution in [2.75, 3.05) is 6.61 Å². The second-order valence-electron chi connectivity index (χ2n) is 6.14. The Balaban J connectivity index is 2.78. The van der Waals surface area contributed by atoms with Crippen molar-refractivity contribution >= 4 is 11.5 Å². The molecule has 0 bridgehead atoms. The second kappa shape index (κ2) is 6.90. The topological polar surface area (TPSA) is 107 Å². The van der Waals surface area contributed by atoms with Gasteiger partial charge in [-0.2, -0.15) is 10.5 Å². The Morgan fingerprint density at radius 1 is 1.50 bits per heavy atom. The predicted octanol–water partition coefficient (Wildman–Crippen LogP) is 2.67. The first-order chi connectivity index (χ1) is 11.4. The minimum atomic E-state index is -1.88. The molecule has 1 aliphatic rings. The number of carbonyl (C=O) groups excluding carboxylic acids is 1. The van der Waals surface area contributed by atoms with Crippen molar-refractivity contribution in [3.8, 4) is 12.1 Å². The van der Waals surface area contributed by atoms with Crippen molar-refractivity contribution in [1.82, 2.24) is 0 Å². The van der Waals surface area contributed by atoms with Crippen molar-refractivity contribution in [1.29, 1.82) is 10.5 Å². The number of hydrogen-bond donors (Lipinski definition) is 1. The van der Waals surface area contributed by atoms with Gasteiger partial charge in [0, 0.05) is 11.1 Å². The van der Waals surface area contributed by atoms with Crippen LogP contribution in [0.3, 0.4) is 0 Å². The average Bonchev–Trinajstić information content (AvgIpc) is 3.08. The van der Waals surface area contributed by atoms with Gasteiger partial charge in [-0.3, -0.25) is 0 Å². The number of ether oxygens (including phenoxy) is 1. The van der Waals surface area contributed by atoms with Crippen LogP contribution >= 0.6 is 0 Å². The van der Waals surface area contributed by atoms with E-state index < -0.39 is 23.4 Å². The van der Waals surface area contributed by atoms with Gasteiger partial charge < -0.3 is 14.3 Å². The minimum Gasteiger partial charge on any atom is -0.465 e. The summed E-state index contributed by atoms with van der Waals surface area (Å²) in [7, 11) is 0. The number of esters is 1. The summed E-state index contributed by atoms with van der Waals surface area (Å²) < 4.78 is 10.5. The maximum Gasteiger partial charge on any atom is 0.334 e. The third-order valence-electron chi connectivity index (χ3n) is 4.48. The minimum absolute atomic E-state index is 0.0244. The van der Waals surface area contributed by atoms with Crippen LogP contribution in [0.5, 0.6) is 0 Å². The number of furan rings is 1. The molecular weight excluding hydrogens is 308 g/mol. The molecule has 0 saturated carbocycles. The van der Waals surface area contributed by atoms with Gasteiger partial charge >= 0.3 is 5.97 Å². The molecule has 0 aromatic carbocycles. The standard InChI is InChI=1S/C18H20N2O4/c1-4-23-17(22)13-8-12(11(2)3)16(21)18(9-19,10-20)15(13)14-6-5-7-24-14/h5-7,11-12,16,21H,4,8H2,1-3H3/t12-,16-/m0/s1. The quantitative estimate of drug-likeness (QED) is 0.851. The Hall–Kier alpha value is -2.57. The van der Waals surface area contributed by atoms with Gasteiger partial charge in [0.05, 0.1) is 31.1 Å². The lowest BCUT2D eigenvalue weighted by atomic mass is 9.62. The monoisotopic (exact) mass is 328 g/mol. The molecule has 0 fully saturated rings. The van der Waals surface area contributed by atoms with E-state index in [4.69, 9.17) is 9.15 Å². The van der Waals surface area contributed by atoms with E-state index in [1.165, 1.54) is 6.26 Å². The molecular formula is C18H20N2O4. The highest BCUT2D eigenvalue weighted by atomic mass is 16.5. The molecule has 0 unspecified atom stereocenters. The van der Waals surface area contributed by atoms with Crippen LogP contribution in [0, 0.1) is 39.9 Å². The first-order valence-corrected chi connectivity index (χ1v) is 7.88. The first kappa shape index (κ1) is 17.8. The molecule has 0 amide bonds. The summed E-state index contributed by atoms with van der Waals surface area (Å²) in [5.74, 6) is -0.801. The number of hydrogen-bond acceptors (Lipinski definition) is 6. The van der Waals surface area contributed by atoms with E-state index >= 15 is 0 Å². The van der Waals surface area contributed by atoms with Crippen LogP contribution in [-0.2, 0) is 9.53 Å². The molecule has 126 valence electrons. The third kappa shape index (κ3) is 2.70. The summed E-state index contributed by atoms with van der Waals surface area (Å²) in [6.45, 7) is 5.63. The highest BCUT2D eigenvalue weighted by Gasteiger charge is 2.54. The van der Waals surface area contributed by atoms with Gasteiger partial charge in [0.25, 0.3) is 0 Å². The van der Waals surface area contributed by atoms with E-state index in [9.17, 15) is 20.4 Å². The summed E-state index contributed by atoms with van der Waals surface area (Å²) in [5, 5.41) is 30.3. The fourth-order valence-electron chi connectivity index (χ4n) is 3.19. The summed E-state index contributed by atoms with van der Waals surface area (Å²) in [4.78, 5) is 12.5. The molecule has 1 heterocycles. The summed E-state index contributed by atoms with van der Waals surface area (Å²) in [5.41, 5.74) is -1.55. The number of aliphatic hydroxyl groups excluding tert-OH is 1. The fourth-order valence-corrected chi connectivity index (χ4v) is 3.19. The Kier molecular flexibility index (Phi) is 5.11. The Morgan fingerprint density at radius 2 is 2.17 bits per heavy atom. The second-order valence-corrected chi connectivity index (χ2v) is 6.14. The van der Waals surface area contributed by atoms with Crippen molar-refractivity contribution < 1.29 is 19.1 Å². The van der Waals surface area contributed by atoms with E-state index in [0.29, 0.717) is 0 Å². The lowest BCUT2D eigenvalue weighted by Gasteiger charge is -2.40. The van der Waals surface area contributed by atoms with Crippen LogP contribution < -0.4 is 0 Å². The molecule has 1 aromatic rings. The molecule has 1 aromatic heterocycles. The normalized spacial score (nSPS) is 22.8. The van der Waals surface area contributed by atoms with Gasteiger partial charge in [-0.25, -0.2) is 4.79 Å². The summed E-state index contributed by atoms with van der Waals surface area (Å²) in [6.07, 6.45) is 0.385. The van der Waals surface area contributed by atoms with Crippen LogP contribution in [0.4, 0.5) is 0 Å². The predicted molar refractivity (Wildman–Crippen MR) is 84.9 cm³/mol. The number of aliphatic hydroxyl groups is 1. The van der Waals surface area contributed by atoms with Crippen molar-refractivity contribution in [2.24, 2.45) is 17.3 Å². The number of nitriles is 2. The summed E-state index contributed by atoms with van der Waals surface area (Å²) >= 11 is 0. The van der Waals surface area contributed by atoms with Gasteiger partial charge in [-0.1, -0.05) is 13.8 Å². The van der Waals surface area contributed by atoms with Crippen molar-refractivity contribution in [3.63, 3.8) is 0 Å². The lowest BCUT2D eigenvalue weighted by molar-refractivity contribution is -0.139. The van der Waals surface area contributed by atoms with Gasteiger partial charge in [0.1, 0.15) is 5.76 Å². The third-order valence-corrected chi connectivity index (χ3v) is 4.48. The molecule has 24 heavy (non-hydrogen) atoms. The fraction of sp³-hybridized carbons (Fsp3) is 0.500. The van der Waals surface area contributed by atoms with Crippen molar-refractivity contribution in [2.45, 2.75) is 33.3 Å². The highest BCUT2D eigenvalue weighted by Crippen LogP contribution is 2.50. The number of rotatable bonds is 4. The molecule has 1 aliphatic carbocycles. The van der Waals surface area contributed by atoms with Crippen molar-refractivity contribution in [3.05, 3.63) is 29.7 Å². The van der Waals surface area contributed by atoms with E-state index in [1.54, 1.807) is 19.1 Å². The largest absolute Gasteiger partial charge is 0.465 e. The molecule has 6 heteroatoms. The molecule has 1 N–H and O–H groups in total. The number of carbonyl (C=O) groups is 1. The zero-order valence-electron chi connectivity index (χ0n) is 13.9. The molecule has 2 rings (SSSR count). The smallest absolute Gasteiger partial charge is 0.334 e.